The summed E-state index contributed by atoms with van der Waals surface area (Å²) in [5.74, 6) is 0.680. The Balaban J connectivity index is 1.71. The summed E-state index contributed by atoms with van der Waals surface area (Å²) < 4.78 is 9.93. The topological polar surface area (TPSA) is 64.3 Å². The van der Waals surface area contributed by atoms with Crippen molar-refractivity contribution in [2.45, 2.75) is 19.3 Å². The summed E-state index contributed by atoms with van der Waals surface area (Å²) in [4.78, 5) is 7.12. The van der Waals surface area contributed by atoms with Gasteiger partial charge in [0.15, 0.2) is 0 Å². The lowest BCUT2D eigenvalue weighted by Gasteiger charge is -2.26. The largest absolute Gasteiger partial charge is 0.495 e. The Bertz CT molecular complexity index is 871. The molecule has 0 atom stereocenters. The average molecular weight is 340 g/mol. The molecule has 1 aliphatic heterocycles. The highest BCUT2D eigenvalue weighted by atomic mass is 32.1. The van der Waals surface area contributed by atoms with E-state index in [2.05, 4.69) is 15.3 Å². The van der Waals surface area contributed by atoms with E-state index in [0.717, 1.165) is 35.2 Å². The van der Waals surface area contributed by atoms with Gasteiger partial charge in [0.2, 0.25) is 0 Å². The number of rotatable bonds is 3. The number of nitrogens with zero attached hydrogens (tertiary/aromatic N) is 3. The van der Waals surface area contributed by atoms with Gasteiger partial charge in [-0.1, -0.05) is 6.07 Å². The molecule has 1 fully saturated rings. The number of pyridine rings is 1. The second-order valence-electron chi connectivity index (χ2n) is 6.08. The third-order valence-electron chi connectivity index (χ3n) is 4.51. The molecule has 1 saturated heterocycles. The van der Waals surface area contributed by atoms with Crippen LogP contribution in [0.15, 0.2) is 30.5 Å². The molecule has 0 bridgehead atoms. The van der Waals surface area contributed by atoms with Gasteiger partial charge >= 0.3 is 0 Å². The molecule has 2 N–H and O–H groups in total. The van der Waals surface area contributed by atoms with Gasteiger partial charge in [-0.25, -0.2) is 0 Å². The predicted octanol–water partition coefficient (Wildman–Crippen LogP) is 3.94. The van der Waals surface area contributed by atoms with Crippen LogP contribution in [0.3, 0.4) is 0 Å². The second kappa shape index (κ2) is 6.28. The van der Waals surface area contributed by atoms with E-state index in [1.165, 1.54) is 24.3 Å². The van der Waals surface area contributed by atoms with Crippen LogP contribution in [0.1, 0.15) is 19.3 Å². The monoisotopic (exact) mass is 340 g/mol. The van der Waals surface area contributed by atoms with Gasteiger partial charge in [0.1, 0.15) is 21.8 Å². The number of ether oxygens (including phenoxy) is 1. The van der Waals surface area contributed by atoms with Crippen LogP contribution in [0.4, 0.5) is 10.7 Å². The number of piperidine rings is 1. The molecular formula is C18H20N4OS. The van der Waals surface area contributed by atoms with Crippen LogP contribution in [0.5, 0.6) is 5.75 Å². The number of nitrogens with two attached hydrogens (primary N) is 1. The first-order valence-electron chi connectivity index (χ1n) is 8.20. The number of benzene rings is 1. The Morgan fingerprint density at radius 3 is 2.75 bits per heavy atom. The average Bonchev–Trinajstić information content (AvgIpc) is 3.06. The van der Waals surface area contributed by atoms with E-state index in [1.54, 1.807) is 18.6 Å². The Labute approximate surface area is 145 Å². The summed E-state index contributed by atoms with van der Waals surface area (Å²) in [7, 11) is 1.63. The Kier molecular flexibility index (Phi) is 3.98. The number of nitrogen functional groups attached to an aromatic ring is 1. The van der Waals surface area contributed by atoms with Gasteiger partial charge in [-0.3, -0.25) is 4.98 Å². The van der Waals surface area contributed by atoms with Crippen LogP contribution in [-0.4, -0.2) is 29.6 Å². The van der Waals surface area contributed by atoms with Crippen molar-refractivity contribution >= 4 is 33.3 Å². The highest BCUT2D eigenvalue weighted by Crippen LogP contribution is 2.35. The molecule has 3 heterocycles. The molecule has 0 amide bonds. The fourth-order valence-electron chi connectivity index (χ4n) is 3.18. The summed E-state index contributed by atoms with van der Waals surface area (Å²) in [5, 5.41) is 1.20. The summed E-state index contributed by atoms with van der Waals surface area (Å²) >= 11 is 1.55. The molecule has 1 aromatic carbocycles. The first-order chi connectivity index (χ1) is 11.8. The highest BCUT2D eigenvalue weighted by molar-refractivity contribution is 7.11. The molecule has 0 spiro atoms. The highest BCUT2D eigenvalue weighted by Gasteiger charge is 2.18. The van der Waals surface area contributed by atoms with Crippen LogP contribution >= 0.6 is 11.5 Å². The van der Waals surface area contributed by atoms with E-state index in [4.69, 9.17) is 15.5 Å². The molecule has 2 aromatic heterocycles. The van der Waals surface area contributed by atoms with Gasteiger partial charge < -0.3 is 15.4 Å². The standard InChI is InChI=1S/C18H20N4OS/c1-23-16-10-12(5-6-14(16)19)13-9-15-17(20-11-13)18(24-21-15)22-7-3-2-4-8-22/h5-6,9-11H,2-4,7-8,19H2,1H3. The van der Waals surface area contributed by atoms with Crippen LogP contribution in [0.2, 0.25) is 0 Å². The molecule has 0 unspecified atom stereocenters. The predicted molar refractivity (Wildman–Crippen MR) is 99.9 cm³/mol. The third kappa shape index (κ3) is 2.67. The lowest BCUT2D eigenvalue weighted by atomic mass is 10.1. The quantitative estimate of drug-likeness (QED) is 0.732. The third-order valence-corrected chi connectivity index (χ3v) is 5.42. The zero-order chi connectivity index (χ0) is 16.5. The number of fused-ring (bicyclic) bond motifs is 1. The van der Waals surface area contributed by atoms with Crippen molar-refractivity contribution in [3.63, 3.8) is 0 Å². The summed E-state index contributed by atoms with van der Waals surface area (Å²) in [5.41, 5.74) is 10.5. The minimum absolute atomic E-state index is 0.635. The smallest absolute Gasteiger partial charge is 0.142 e. The molecule has 0 saturated carbocycles. The molecule has 0 radical (unpaired) electrons. The van der Waals surface area contributed by atoms with Crippen molar-refractivity contribution in [2.75, 3.05) is 30.8 Å². The molecule has 1 aliphatic rings. The maximum atomic E-state index is 5.90. The zero-order valence-corrected chi connectivity index (χ0v) is 14.5. The van der Waals surface area contributed by atoms with E-state index < -0.39 is 0 Å². The van der Waals surface area contributed by atoms with E-state index in [1.807, 2.05) is 24.4 Å². The summed E-state index contributed by atoms with van der Waals surface area (Å²) in [6, 6.07) is 7.88. The van der Waals surface area contributed by atoms with Crippen molar-refractivity contribution < 1.29 is 4.74 Å². The van der Waals surface area contributed by atoms with Gasteiger partial charge in [-0.15, -0.1) is 0 Å². The number of anilines is 2. The molecule has 3 aromatic rings. The molecular weight excluding hydrogens is 320 g/mol. The van der Waals surface area contributed by atoms with Crippen molar-refractivity contribution in [1.82, 2.24) is 9.36 Å². The van der Waals surface area contributed by atoms with Crippen molar-refractivity contribution in [2.24, 2.45) is 0 Å². The fourth-order valence-corrected chi connectivity index (χ4v) is 4.04. The molecule has 24 heavy (non-hydrogen) atoms. The lowest BCUT2D eigenvalue weighted by molar-refractivity contribution is 0.417. The summed E-state index contributed by atoms with van der Waals surface area (Å²) in [6.45, 7) is 2.21. The zero-order valence-electron chi connectivity index (χ0n) is 13.7. The molecule has 0 aliphatic carbocycles. The van der Waals surface area contributed by atoms with Crippen molar-refractivity contribution in [3.8, 4) is 16.9 Å². The van der Waals surface area contributed by atoms with Gasteiger partial charge in [0, 0.05) is 24.8 Å². The van der Waals surface area contributed by atoms with E-state index in [9.17, 15) is 0 Å². The van der Waals surface area contributed by atoms with Gasteiger partial charge in [-0.05, 0) is 54.6 Å². The summed E-state index contributed by atoms with van der Waals surface area (Å²) in [6.07, 6.45) is 5.74. The minimum Gasteiger partial charge on any atom is -0.495 e. The van der Waals surface area contributed by atoms with Crippen molar-refractivity contribution in [1.29, 1.82) is 0 Å². The first-order valence-corrected chi connectivity index (χ1v) is 8.98. The maximum absolute atomic E-state index is 5.90. The molecule has 5 nitrogen and oxygen atoms in total. The van der Waals surface area contributed by atoms with E-state index >= 15 is 0 Å². The van der Waals surface area contributed by atoms with Gasteiger partial charge in [0.05, 0.1) is 12.8 Å². The SMILES string of the molecule is COc1cc(-c2cnc3c(N4CCCCC4)snc3c2)ccc1N. The normalized spacial score (nSPS) is 15.0. The van der Waals surface area contributed by atoms with Crippen LogP contribution < -0.4 is 15.4 Å². The Morgan fingerprint density at radius 2 is 1.96 bits per heavy atom. The number of hydrogen-bond acceptors (Lipinski definition) is 6. The van der Waals surface area contributed by atoms with Crippen LogP contribution in [0, 0.1) is 0 Å². The first kappa shape index (κ1) is 15.2. The Morgan fingerprint density at radius 1 is 1.12 bits per heavy atom. The van der Waals surface area contributed by atoms with Gasteiger partial charge in [0.25, 0.3) is 0 Å². The number of aromatic nitrogens is 2. The maximum Gasteiger partial charge on any atom is 0.142 e. The van der Waals surface area contributed by atoms with E-state index in [-0.39, 0.29) is 0 Å². The number of hydrogen-bond donors (Lipinski definition) is 1. The number of methoxy groups -OCH3 is 1. The van der Waals surface area contributed by atoms with E-state index in [0.29, 0.717) is 11.4 Å². The Hall–Kier alpha value is -2.34. The second-order valence-corrected chi connectivity index (χ2v) is 6.84. The fraction of sp³-hybridized carbons (Fsp3) is 0.333. The minimum atomic E-state index is 0.635. The van der Waals surface area contributed by atoms with Crippen molar-refractivity contribution in [3.05, 3.63) is 30.5 Å². The van der Waals surface area contributed by atoms with Crippen LogP contribution in [0.25, 0.3) is 22.2 Å². The molecule has 6 heteroatoms. The molecule has 4 rings (SSSR count). The van der Waals surface area contributed by atoms with Gasteiger partial charge in [-0.2, -0.15) is 4.37 Å². The lowest BCUT2D eigenvalue weighted by Crippen LogP contribution is -2.28. The molecule has 124 valence electrons. The van der Waals surface area contributed by atoms with Crippen LogP contribution in [-0.2, 0) is 0 Å².